The smallest absolute Gasteiger partial charge is 0.240 e. The molecular formula is C20H24N2O6S. The first-order valence-electron chi connectivity index (χ1n) is 9.42. The van der Waals surface area contributed by atoms with Gasteiger partial charge < -0.3 is 18.9 Å². The number of hydrogen-bond acceptors (Lipinski definition) is 7. The molecule has 4 rings (SSSR count). The largest absolute Gasteiger partial charge is 0.497 e. The van der Waals surface area contributed by atoms with Crippen LogP contribution in [-0.2, 0) is 14.8 Å². The minimum absolute atomic E-state index is 0.100. The Morgan fingerprint density at radius 1 is 1.07 bits per heavy atom. The Balaban J connectivity index is 1.53. The van der Waals surface area contributed by atoms with Crippen molar-refractivity contribution in [1.29, 1.82) is 0 Å². The molecule has 1 N–H and O–H groups in total. The number of nitrogens with one attached hydrogen (secondary N) is 1. The quantitative estimate of drug-likeness (QED) is 0.731. The summed E-state index contributed by atoms with van der Waals surface area (Å²) in [5.41, 5.74) is 1.01. The maximum atomic E-state index is 12.9. The first-order valence-corrected chi connectivity index (χ1v) is 10.9. The molecule has 0 bridgehead atoms. The molecule has 1 saturated heterocycles. The van der Waals surface area contributed by atoms with Crippen LogP contribution >= 0.6 is 0 Å². The van der Waals surface area contributed by atoms with Gasteiger partial charge in [-0.2, -0.15) is 0 Å². The van der Waals surface area contributed by atoms with Crippen LogP contribution in [0.2, 0.25) is 0 Å². The highest BCUT2D eigenvalue weighted by molar-refractivity contribution is 7.89. The number of rotatable bonds is 7. The minimum Gasteiger partial charge on any atom is -0.497 e. The third kappa shape index (κ3) is 4.48. The van der Waals surface area contributed by atoms with Crippen LogP contribution in [0.15, 0.2) is 47.4 Å². The molecule has 2 heterocycles. The third-order valence-electron chi connectivity index (χ3n) is 5.11. The van der Waals surface area contributed by atoms with E-state index in [0.717, 1.165) is 24.4 Å². The van der Waals surface area contributed by atoms with Gasteiger partial charge >= 0.3 is 0 Å². The molecule has 8 nitrogen and oxygen atoms in total. The minimum atomic E-state index is -3.70. The Bertz CT molecular complexity index is 942. The Kier molecular flexibility index (Phi) is 5.91. The van der Waals surface area contributed by atoms with Gasteiger partial charge in [0, 0.05) is 31.7 Å². The molecule has 29 heavy (non-hydrogen) atoms. The molecule has 156 valence electrons. The molecule has 0 amide bonds. The summed E-state index contributed by atoms with van der Waals surface area (Å²) in [7, 11) is -2.09. The van der Waals surface area contributed by atoms with E-state index in [2.05, 4.69) is 9.62 Å². The predicted octanol–water partition coefficient (Wildman–Crippen LogP) is 1.78. The highest BCUT2D eigenvalue weighted by Gasteiger charge is 2.26. The summed E-state index contributed by atoms with van der Waals surface area (Å²) >= 11 is 0. The average molecular weight is 420 g/mol. The standard InChI is InChI=1S/C20H24N2O6S/c1-25-16-4-2-15(3-5-16)18(22-8-10-26-11-9-22)13-21-29(23,24)17-6-7-19-20(12-17)28-14-27-19/h2-7,12,18,21H,8-11,13-14H2,1H3/t18-/m1/s1. The van der Waals surface area contributed by atoms with Gasteiger partial charge in [-0.05, 0) is 29.8 Å². The number of benzene rings is 2. The van der Waals surface area contributed by atoms with Gasteiger partial charge in [-0.3, -0.25) is 4.90 Å². The van der Waals surface area contributed by atoms with Crippen molar-refractivity contribution in [1.82, 2.24) is 9.62 Å². The molecule has 2 aromatic rings. The van der Waals surface area contributed by atoms with E-state index in [4.69, 9.17) is 18.9 Å². The zero-order valence-corrected chi connectivity index (χ0v) is 17.0. The van der Waals surface area contributed by atoms with Crippen molar-refractivity contribution in [2.75, 3.05) is 46.8 Å². The topological polar surface area (TPSA) is 86.3 Å². The number of morpholine rings is 1. The number of fused-ring (bicyclic) bond motifs is 1. The molecule has 0 spiro atoms. The summed E-state index contributed by atoms with van der Waals surface area (Å²) in [5, 5.41) is 0. The lowest BCUT2D eigenvalue weighted by molar-refractivity contribution is 0.0172. The average Bonchev–Trinajstić information content (AvgIpc) is 3.23. The lowest BCUT2D eigenvalue weighted by Gasteiger charge is -2.35. The normalized spacial score (nSPS) is 17.8. The third-order valence-corrected chi connectivity index (χ3v) is 6.53. The fraction of sp³-hybridized carbons (Fsp3) is 0.400. The second-order valence-corrected chi connectivity index (χ2v) is 8.57. The summed E-state index contributed by atoms with van der Waals surface area (Å²) < 4.78 is 49.8. The van der Waals surface area contributed by atoms with Crippen molar-refractivity contribution in [2.45, 2.75) is 10.9 Å². The number of nitrogens with zero attached hydrogens (tertiary/aromatic N) is 1. The number of ether oxygens (including phenoxy) is 4. The van der Waals surface area contributed by atoms with Crippen LogP contribution in [0.3, 0.4) is 0 Å². The van der Waals surface area contributed by atoms with E-state index in [9.17, 15) is 8.42 Å². The second-order valence-electron chi connectivity index (χ2n) is 6.80. The van der Waals surface area contributed by atoms with Crippen molar-refractivity contribution in [3.8, 4) is 17.2 Å². The van der Waals surface area contributed by atoms with Crippen LogP contribution in [0.5, 0.6) is 17.2 Å². The fourth-order valence-corrected chi connectivity index (χ4v) is 4.54. The van der Waals surface area contributed by atoms with Crippen LogP contribution in [-0.4, -0.2) is 60.1 Å². The zero-order chi connectivity index (χ0) is 20.3. The van der Waals surface area contributed by atoms with E-state index < -0.39 is 10.0 Å². The summed E-state index contributed by atoms with van der Waals surface area (Å²) in [6, 6.07) is 12.2. The van der Waals surface area contributed by atoms with Gasteiger partial charge in [-0.1, -0.05) is 12.1 Å². The first-order chi connectivity index (χ1) is 14.1. The highest BCUT2D eigenvalue weighted by Crippen LogP contribution is 2.34. The lowest BCUT2D eigenvalue weighted by Crippen LogP contribution is -2.43. The summed E-state index contributed by atoms with van der Waals surface area (Å²) in [4.78, 5) is 2.38. The molecular weight excluding hydrogens is 396 g/mol. The molecule has 9 heteroatoms. The van der Waals surface area contributed by atoms with Crippen molar-refractivity contribution >= 4 is 10.0 Å². The van der Waals surface area contributed by atoms with E-state index >= 15 is 0 Å². The molecule has 0 radical (unpaired) electrons. The van der Waals surface area contributed by atoms with Crippen molar-refractivity contribution in [3.05, 3.63) is 48.0 Å². The molecule has 1 atom stereocenters. The van der Waals surface area contributed by atoms with E-state index in [0.29, 0.717) is 24.7 Å². The summed E-state index contributed by atoms with van der Waals surface area (Å²) in [5.74, 6) is 1.75. The number of sulfonamides is 1. The molecule has 1 fully saturated rings. The van der Waals surface area contributed by atoms with E-state index in [1.54, 1.807) is 13.2 Å². The second kappa shape index (κ2) is 8.58. The Hall–Kier alpha value is -2.33. The fourth-order valence-electron chi connectivity index (χ4n) is 3.49. The van der Waals surface area contributed by atoms with E-state index in [1.165, 1.54) is 12.1 Å². The zero-order valence-electron chi connectivity index (χ0n) is 16.2. The maximum absolute atomic E-state index is 12.9. The molecule has 0 aromatic heterocycles. The van der Waals surface area contributed by atoms with Gasteiger partial charge in [0.05, 0.1) is 25.2 Å². The maximum Gasteiger partial charge on any atom is 0.240 e. The van der Waals surface area contributed by atoms with Gasteiger partial charge in [-0.15, -0.1) is 0 Å². The van der Waals surface area contributed by atoms with Gasteiger partial charge in [0.1, 0.15) is 5.75 Å². The van der Waals surface area contributed by atoms with Crippen molar-refractivity contribution in [2.24, 2.45) is 0 Å². The van der Waals surface area contributed by atoms with Gasteiger partial charge in [0.15, 0.2) is 11.5 Å². The van der Waals surface area contributed by atoms with Crippen LogP contribution < -0.4 is 18.9 Å². The first kappa shape index (κ1) is 20.0. The predicted molar refractivity (Wildman–Crippen MR) is 106 cm³/mol. The number of methoxy groups -OCH3 is 1. The van der Waals surface area contributed by atoms with Crippen LogP contribution in [0, 0.1) is 0 Å². The van der Waals surface area contributed by atoms with Crippen molar-refractivity contribution < 1.29 is 27.4 Å². The summed E-state index contributed by atoms with van der Waals surface area (Å²) in [6.07, 6.45) is 0. The highest BCUT2D eigenvalue weighted by atomic mass is 32.2. The van der Waals surface area contributed by atoms with Gasteiger partial charge in [-0.25, -0.2) is 13.1 Å². The molecule has 2 aliphatic rings. The molecule has 0 aliphatic carbocycles. The molecule has 2 aromatic carbocycles. The van der Waals surface area contributed by atoms with E-state index in [1.807, 2.05) is 24.3 Å². The van der Waals surface area contributed by atoms with Gasteiger partial charge in [0.25, 0.3) is 0 Å². The van der Waals surface area contributed by atoms with E-state index in [-0.39, 0.29) is 24.3 Å². The van der Waals surface area contributed by atoms with Crippen molar-refractivity contribution in [3.63, 3.8) is 0 Å². The van der Waals surface area contributed by atoms with Crippen LogP contribution in [0.25, 0.3) is 0 Å². The Morgan fingerprint density at radius 3 is 2.52 bits per heavy atom. The Labute approximate surface area is 170 Å². The monoisotopic (exact) mass is 420 g/mol. The SMILES string of the molecule is COc1ccc([C@@H](CNS(=O)(=O)c2ccc3c(c2)OCO3)N2CCOCC2)cc1. The van der Waals surface area contributed by atoms with Crippen LogP contribution in [0.1, 0.15) is 11.6 Å². The molecule has 0 saturated carbocycles. The Morgan fingerprint density at radius 2 is 1.79 bits per heavy atom. The molecule has 2 aliphatic heterocycles. The van der Waals surface area contributed by atoms with Gasteiger partial charge in [0.2, 0.25) is 16.8 Å². The lowest BCUT2D eigenvalue weighted by atomic mass is 10.0. The molecule has 0 unspecified atom stereocenters. The van der Waals surface area contributed by atoms with Crippen LogP contribution in [0.4, 0.5) is 0 Å². The number of hydrogen-bond donors (Lipinski definition) is 1. The summed E-state index contributed by atoms with van der Waals surface area (Å²) in [6.45, 7) is 3.07.